The Kier molecular flexibility index (Phi) is 6.49. The van der Waals surface area contributed by atoms with Crippen molar-refractivity contribution in [3.63, 3.8) is 0 Å². The molecule has 0 aliphatic carbocycles. The Morgan fingerprint density at radius 1 is 0.467 bits per heavy atom. The van der Waals surface area contributed by atoms with Crippen molar-refractivity contribution in [2.75, 3.05) is 4.90 Å². The third-order valence-corrected chi connectivity index (χ3v) is 9.08. The third kappa shape index (κ3) is 4.33. The molecule has 0 amide bonds. The van der Waals surface area contributed by atoms with E-state index in [9.17, 15) is 4.79 Å². The van der Waals surface area contributed by atoms with Crippen molar-refractivity contribution in [1.29, 1.82) is 0 Å². The predicted octanol–water partition coefficient (Wildman–Crippen LogP) is 10.6. The molecule has 8 aromatic rings. The SMILES string of the molecule is CCn1c2ccccc2c2cc(N(c3ccc(C(=O)c4ccccc4)cc3)c3ccc4c(c3)c3ccccc3n4CC)ccc21. The van der Waals surface area contributed by atoms with Gasteiger partial charge in [-0.15, -0.1) is 0 Å². The molecule has 0 aliphatic rings. The number of rotatable bonds is 7. The lowest BCUT2D eigenvalue weighted by Crippen LogP contribution is -2.10. The van der Waals surface area contributed by atoms with E-state index >= 15 is 0 Å². The Bertz CT molecular complexity index is 2240. The van der Waals surface area contributed by atoms with Gasteiger partial charge in [0.05, 0.1) is 0 Å². The van der Waals surface area contributed by atoms with Crippen LogP contribution in [-0.2, 0) is 13.1 Å². The molecular weight excluding hydrogens is 550 g/mol. The first-order valence-corrected chi connectivity index (χ1v) is 15.7. The van der Waals surface area contributed by atoms with E-state index in [1.165, 1.54) is 43.6 Å². The minimum absolute atomic E-state index is 0.0243. The molecule has 0 atom stereocenters. The molecule has 0 saturated heterocycles. The Hall–Kier alpha value is -5.61. The van der Waals surface area contributed by atoms with Crippen molar-refractivity contribution in [1.82, 2.24) is 9.13 Å². The zero-order valence-corrected chi connectivity index (χ0v) is 25.4. The lowest BCUT2D eigenvalue weighted by molar-refractivity contribution is 0.103. The third-order valence-electron chi connectivity index (χ3n) is 9.08. The summed E-state index contributed by atoms with van der Waals surface area (Å²) >= 11 is 0. The largest absolute Gasteiger partial charge is 0.341 e. The molecule has 0 N–H and O–H groups in total. The van der Waals surface area contributed by atoms with Crippen molar-refractivity contribution in [3.8, 4) is 0 Å². The number of para-hydroxylation sites is 2. The number of ketones is 1. The average molecular weight is 584 g/mol. The molecule has 0 aliphatic heterocycles. The van der Waals surface area contributed by atoms with E-state index in [2.05, 4.69) is 125 Å². The summed E-state index contributed by atoms with van der Waals surface area (Å²) in [5.74, 6) is 0.0243. The number of aromatic nitrogens is 2. The number of fused-ring (bicyclic) bond motifs is 6. The van der Waals surface area contributed by atoms with Crippen LogP contribution in [0.1, 0.15) is 29.8 Å². The molecule has 218 valence electrons. The van der Waals surface area contributed by atoms with Gasteiger partial charge in [-0.3, -0.25) is 4.79 Å². The van der Waals surface area contributed by atoms with Crippen LogP contribution in [0.3, 0.4) is 0 Å². The molecule has 0 bridgehead atoms. The zero-order valence-electron chi connectivity index (χ0n) is 25.4. The van der Waals surface area contributed by atoms with Gasteiger partial charge in [-0.25, -0.2) is 0 Å². The maximum atomic E-state index is 13.3. The van der Waals surface area contributed by atoms with Gasteiger partial charge in [-0.1, -0.05) is 66.7 Å². The monoisotopic (exact) mass is 583 g/mol. The van der Waals surface area contributed by atoms with E-state index < -0.39 is 0 Å². The van der Waals surface area contributed by atoms with Crippen molar-refractivity contribution >= 4 is 66.5 Å². The second-order valence-electron chi connectivity index (χ2n) is 11.5. The first-order chi connectivity index (χ1) is 22.2. The van der Waals surface area contributed by atoms with Crippen molar-refractivity contribution in [2.24, 2.45) is 0 Å². The van der Waals surface area contributed by atoms with Crippen LogP contribution >= 0.6 is 0 Å². The molecule has 0 unspecified atom stereocenters. The van der Waals surface area contributed by atoms with Gasteiger partial charge >= 0.3 is 0 Å². The highest BCUT2D eigenvalue weighted by atomic mass is 16.1. The Balaban J connectivity index is 1.33. The van der Waals surface area contributed by atoms with Crippen LogP contribution in [0.15, 0.2) is 140 Å². The Labute approximate surface area is 262 Å². The van der Waals surface area contributed by atoms with E-state index in [0.29, 0.717) is 11.1 Å². The van der Waals surface area contributed by atoms with Crippen molar-refractivity contribution in [2.45, 2.75) is 26.9 Å². The van der Waals surface area contributed by atoms with E-state index in [0.717, 1.165) is 30.2 Å². The fourth-order valence-electron chi connectivity index (χ4n) is 7.01. The zero-order chi connectivity index (χ0) is 30.5. The maximum Gasteiger partial charge on any atom is 0.193 e. The van der Waals surface area contributed by atoms with Crippen LogP contribution in [0.5, 0.6) is 0 Å². The summed E-state index contributed by atoms with van der Waals surface area (Å²) in [6.07, 6.45) is 0. The van der Waals surface area contributed by atoms with Crippen LogP contribution in [0.25, 0.3) is 43.6 Å². The van der Waals surface area contributed by atoms with Crippen molar-refractivity contribution in [3.05, 3.63) is 151 Å². The van der Waals surface area contributed by atoms with Gasteiger partial charge in [0.1, 0.15) is 0 Å². The smallest absolute Gasteiger partial charge is 0.193 e. The summed E-state index contributed by atoms with van der Waals surface area (Å²) < 4.78 is 4.77. The second-order valence-corrected chi connectivity index (χ2v) is 11.5. The van der Waals surface area contributed by atoms with Gasteiger partial charge in [0, 0.05) is 84.9 Å². The van der Waals surface area contributed by atoms with E-state index in [-0.39, 0.29) is 5.78 Å². The number of benzene rings is 6. The lowest BCUT2D eigenvalue weighted by atomic mass is 10.0. The quantitative estimate of drug-likeness (QED) is 0.175. The minimum atomic E-state index is 0.0243. The second kappa shape index (κ2) is 10.8. The maximum absolute atomic E-state index is 13.3. The minimum Gasteiger partial charge on any atom is -0.341 e. The van der Waals surface area contributed by atoms with E-state index in [1.54, 1.807) is 0 Å². The number of carbonyl (C=O) groups is 1. The van der Waals surface area contributed by atoms with Crippen molar-refractivity contribution < 1.29 is 4.79 Å². The molecular formula is C41H33N3O. The number of carbonyl (C=O) groups excluding carboxylic acids is 1. The number of anilines is 3. The summed E-state index contributed by atoms with van der Waals surface area (Å²) in [4.78, 5) is 15.6. The van der Waals surface area contributed by atoms with Crippen LogP contribution in [0, 0.1) is 0 Å². The van der Waals surface area contributed by atoms with Gasteiger partial charge in [-0.2, -0.15) is 0 Å². The Morgan fingerprint density at radius 3 is 1.40 bits per heavy atom. The van der Waals surface area contributed by atoms with Gasteiger partial charge < -0.3 is 14.0 Å². The number of aryl methyl sites for hydroxylation is 2. The highest BCUT2D eigenvalue weighted by Gasteiger charge is 2.19. The molecule has 4 heteroatoms. The first-order valence-electron chi connectivity index (χ1n) is 15.7. The molecule has 2 aromatic heterocycles. The van der Waals surface area contributed by atoms with Gasteiger partial charge in [0.25, 0.3) is 0 Å². The summed E-state index contributed by atoms with van der Waals surface area (Å²) in [5.41, 5.74) is 9.46. The molecule has 0 fully saturated rings. The van der Waals surface area contributed by atoms with E-state index in [1.807, 2.05) is 42.5 Å². The highest BCUT2D eigenvalue weighted by Crippen LogP contribution is 2.41. The van der Waals surface area contributed by atoms with E-state index in [4.69, 9.17) is 0 Å². The predicted molar refractivity (Wildman–Crippen MR) is 188 cm³/mol. The van der Waals surface area contributed by atoms with Gasteiger partial charge in [0.2, 0.25) is 0 Å². The molecule has 2 heterocycles. The van der Waals surface area contributed by atoms with Crippen LogP contribution in [0.2, 0.25) is 0 Å². The molecule has 0 saturated carbocycles. The first kappa shape index (κ1) is 27.0. The molecule has 4 nitrogen and oxygen atoms in total. The Morgan fingerprint density at radius 2 is 0.889 bits per heavy atom. The number of hydrogen-bond acceptors (Lipinski definition) is 2. The molecule has 8 rings (SSSR count). The summed E-state index contributed by atoms with van der Waals surface area (Å²) in [6, 6.07) is 48.3. The molecule has 0 radical (unpaired) electrons. The summed E-state index contributed by atoms with van der Waals surface area (Å²) in [7, 11) is 0. The number of hydrogen-bond donors (Lipinski definition) is 0. The summed E-state index contributed by atoms with van der Waals surface area (Å²) in [5, 5.41) is 4.96. The summed E-state index contributed by atoms with van der Waals surface area (Å²) in [6.45, 7) is 6.21. The van der Waals surface area contributed by atoms with Crippen LogP contribution in [-0.4, -0.2) is 14.9 Å². The van der Waals surface area contributed by atoms with Crippen LogP contribution in [0.4, 0.5) is 17.1 Å². The fourth-order valence-corrected chi connectivity index (χ4v) is 7.01. The molecule has 6 aromatic carbocycles. The standard InChI is InChI=1S/C41H33N3O/c1-3-42-37-16-10-8-14-33(37)35-26-31(22-24-39(35)42)44(30-20-18-29(19-21-30)41(45)28-12-6-5-7-13-28)32-23-25-40-36(27-32)34-15-9-11-17-38(34)43(40)4-2/h5-27H,3-4H2,1-2H3. The molecule has 45 heavy (non-hydrogen) atoms. The number of nitrogens with zero attached hydrogens (tertiary/aromatic N) is 3. The lowest BCUT2D eigenvalue weighted by Gasteiger charge is -2.26. The average Bonchev–Trinajstić information content (AvgIpc) is 3.60. The van der Waals surface area contributed by atoms with Gasteiger partial charge in [0.15, 0.2) is 5.78 Å². The van der Waals surface area contributed by atoms with Gasteiger partial charge in [-0.05, 0) is 86.6 Å². The molecule has 0 spiro atoms. The normalized spacial score (nSPS) is 11.6. The highest BCUT2D eigenvalue weighted by molar-refractivity contribution is 6.12. The fraction of sp³-hybridized carbons (Fsp3) is 0.0976. The van der Waals surface area contributed by atoms with Crippen LogP contribution < -0.4 is 4.90 Å². The topological polar surface area (TPSA) is 30.2 Å².